The van der Waals surface area contributed by atoms with Crippen LogP contribution in [-0.4, -0.2) is 31.4 Å². The Kier molecular flexibility index (Phi) is 5.58. The molecule has 0 unspecified atom stereocenters. The Morgan fingerprint density at radius 3 is 2.73 bits per heavy atom. The molecule has 8 heteroatoms. The molecular formula is C18H18ClN5OS. The maximum absolute atomic E-state index is 12.5. The SMILES string of the molecule is Cc1cccc(-n2nnnc2S[C@H](C)C(=O)Nc2ccccc2Cl)c1C. The summed E-state index contributed by atoms with van der Waals surface area (Å²) < 4.78 is 1.66. The molecule has 6 nitrogen and oxygen atoms in total. The third-order valence-corrected chi connectivity index (χ3v) is 5.39. The topological polar surface area (TPSA) is 72.7 Å². The van der Waals surface area contributed by atoms with E-state index in [-0.39, 0.29) is 5.91 Å². The van der Waals surface area contributed by atoms with Gasteiger partial charge in [-0.15, -0.1) is 5.10 Å². The maximum atomic E-state index is 12.5. The maximum Gasteiger partial charge on any atom is 0.237 e. The van der Waals surface area contributed by atoms with Gasteiger partial charge in [0.25, 0.3) is 0 Å². The van der Waals surface area contributed by atoms with E-state index in [4.69, 9.17) is 11.6 Å². The smallest absolute Gasteiger partial charge is 0.237 e. The number of halogens is 1. The first kappa shape index (κ1) is 18.4. The number of amides is 1. The largest absolute Gasteiger partial charge is 0.324 e. The van der Waals surface area contributed by atoms with E-state index in [0.29, 0.717) is 15.9 Å². The molecule has 1 atom stereocenters. The van der Waals surface area contributed by atoms with Crippen LogP contribution in [0, 0.1) is 13.8 Å². The van der Waals surface area contributed by atoms with E-state index in [1.807, 2.05) is 44.2 Å². The van der Waals surface area contributed by atoms with Crippen LogP contribution in [0.2, 0.25) is 5.02 Å². The van der Waals surface area contributed by atoms with Gasteiger partial charge in [-0.05, 0) is 60.5 Å². The molecule has 1 N–H and O–H groups in total. The lowest BCUT2D eigenvalue weighted by molar-refractivity contribution is -0.115. The molecule has 0 aliphatic rings. The highest BCUT2D eigenvalue weighted by Gasteiger charge is 2.20. The summed E-state index contributed by atoms with van der Waals surface area (Å²) >= 11 is 7.39. The van der Waals surface area contributed by atoms with E-state index < -0.39 is 5.25 Å². The molecule has 3 rings (SSSR count). The van der Waals surface area contributed by atoms with Gasteiger partial charge in [0.05, 0.1) is 21.6 Å². The van der Waals surface area contributed by atoms with Gasteiger partial charge in [0, 0.05) is 0 Å². The molecule has 2 aromatic carbocycles. The normalized spacial score (nSPS) is 12.0. The zero-order valence-corrected chi connectivity index (χ0v) is 16.2. The van der Waals surface area contributed by atoms with Gasteiger partial charge in [0.15, 0.2) is 0 Å². The van der Waals surface area contributed by atoms with E-state index >= 15 is 0 Å². The molecule has 1 heterocycles. The lowest BCUT2D eigenvalue weighted by atomic mass is 10.1. The first-order chi connectivity index (χ1) is 12.5. The van der Waals surface area contributed by atoms with Crippen LogP contribution in [0.1, 0.15) is 18.1 Å². The Hall–Kier alpha value is -2.38. The molecule has 3 aromatic rings. The summed E-state index contributed by atoms with van der Waals surface area (Å²) in [5, 5.41) is 15.4. The van der Waals surface area contributed by atoms with E-state index in [1.54, 1.807) is 23.7 Å². The van der Waals surface area contributed by atoms with Crippen LogP contribution in [0.15, 0.2) is 47.6 Å². The fourth-order valence-electron chi connectivity index (χ4n) is 2.38. The fraction of sp³-hybridized carbons (Fsp3) is 0.222. The highest BCUT2D eigenvalue weighted by Crippen LogP contribution is 2.27. The molecule has 0 bridgehead atoms. The van der Waals surface area contributed by atoms with Crippen molar-refractivity contribution in [3.05, 3.63) is 58.6 Å². The van der Waals surface area contributed by atoms with Crippen LogP contribution >= 0.6 is 23.4 Å². The minimum absolute atomic E-state index is 0.168. The van der Waals surface area contributed by atoms with Gasteiger partial charge in [-0.25, -0.2) is 0 Å². The molecule has 0 saturated carbocycles. The molecule has 26 heavy (non-hydrogen) atoms. The van der Waals surface area contributed by atoms with Crippen molar-refractivity contribution in [3.63, 3.8) is 0 Å². The van der Waals surface area contributed by atoms with Crippen molar-refractivity contribution in [3.8, 4) is 5.69 Å². The number of tetrazole rings is 1. The van der Waals surface area contributed by atoms with Crippen LogP contribution in [0.25, 0.3) is 5.69 Å². The molecule has 1 amide bonds. The predicted octanol–water partition coefficient (Wildman–Crippen LogP) is 4.05. The molecule has 134 valence electrons. The molecule has 1 aromatic heterocycles. The van der Waals surface area contributed by atoms with Crippen molar-refractivity contribution >= 4 is 35.0 Å². The number of benzene rings is 2. The highest BCUT2D eigenvalue weighted by molar-refractivity contribution is 8.00. The summed E-state index contributed by atoms with van der Waals surface area (Å²) in [4.78, 5) is 12.5. The Morgan fingerprint density at radius 1 is 1.19 bits per heavy atom. The number of rotatable bonds is 5. The van der Waals surface area contributed by atoms with Crippen molar-refractivity contribution in [1.82, 2.24) is 20.2 Å². The van der Waals surface area contributed by atoms with Crippen LogP contribution in [-0.2, 0) is 4.79 Å². The average Bonchev–Trinajstić information content (AvgIpc) is 3.07. The number of carbonyl (C=O) groups excluding carboxylic acids is 1. The summed E-state index contributed by atoms with van der Waals surface area (Å²) in [6.45, 7) is 5.86. The summed E-state index contributed by atoms with van der Waals surface area (Å²) in [6, 6.07) is 13.1. The van der Waals surface area contributed by atoms with Crippen LogP contribution < -0.4 is 5.32 Å². The second-order valence-corrected chi connectivity index (χ2v) is 7.54. The summed E-state index contributed by atoms with van der Waals surface area (Å²) in [6.07, 6.45) is 0. The highest BCUT2D eigenvalue weighted by atomic mass is 35.5. The number of aryl methyl sites for hydroxylation is 1. The summed E-state index contributed by atoms with van der Waals surface area (Å²) in [7, 11) is 0. The number of hydrogen-bond acceptors (Lipinski definition) is 5. The van der Waals surface area contributed by atoms with Gasteiger partial charge < -0.3 is 5.32 Å². The first-order valence-corrected chi connectivity index (χ1v) is 9.30. The van der Waals surface area contributed by atoms with Crippen molar-refractivity contribution in [2.24, 2.45) is 0 Å². The van der Waals surface area contributed by atoms with Gasteiger partial charge >= 0.3 is 0 Å². The number of anilines is 1. The van der Waals surface area contributed by atoms with E-state index in [0.717, 1.165) is 16.8 Å². The first-order valence-electron chi connectivity index (χ1n) is 8.04. The van der Waals surface area contributed by atoms with Gasteiger partial charge in [-0.2, -0.15) is 4.68 Å². The van der Waals surface area contributed by atoms with Crippen LogP contribution in [0.5, 0.6) is 0 Å². The summed E-state index contributed by atoms with van der Waals surface area (Å²) in [5.41, 5.74) is 3.73. The van der Waals surface area contributed by atoms with Crippen LogP contribution in [0.3, 0.4) is 0 Å². The Balaban J connectivity index is 1.78. The third kappa shape index (κ3) is 3.89. The lowest BCUT2D eigenvalue weighted by Crippen LogP contribution is -2.23. The zero-order valence-electron chi connectivity index (χ0n) is 14.6. The number of carbonyl (C=O) groups is 1. The molecule has 0 spiro atoms. The Morgan fingerprint density at radius 2 is 1.96 bits per heavy atom. The van der Waals surface area contributed by atoms with Crippen molar-refractivity contribution in [2.45, 2.75) is 31.2 Å². The van der Waals surface area contributed by atoms with Crippen LogP contribution in [0.4, 0.5) is 5.69 Å². The Labute approximate surface area is 160 Å². The molecule has 0 radical (unpaired) electrons. The van der Waals surface area contributed by atoms with Crippen molar-refractivity contribution in [1.29, 1.82) is 0 Å². The van der Waals surface area contributed by atoms with E-state index in [9.17, 15) is 4.79 Å². The zero-order chi connectivity index (χ0) is 18.7. The number of para-hydroxylation sites is 1. The second kappa shape index (κ2) is 7.88. The molecule has 0 aliphatic carbocycles. The van der Waals surface area contributed by atoms with Crippen molar-refractivity contribution < 1.29 is 4.79 Å². The third-order valence-electron chi connectivity index (χ3n) is 4.03. The number of aromatic nitrogens is 4. The minimum atomic E-state index is -0.402. The molecular weight excluding hydrogens is 370 g/mol. The molecule has 0 saturated heterocycles. The lowest BCUT2D eigenvalue weighted by Gasteiger charge is -2.13. The Bertz CT molecular complexity index is 943. The van der Waals surface area contributed by atoms with E-state index in [2.05, 4.69) is 20.8 Å². The standard InChI is InChI=1S/C18H18ClN5OS/c1-11-7-6-10-16(12(11)2)24-18(21-22-23-24)26-13(3)17(25)20-15-9-5-4-8-14(15)19/h4-10,13H,1-3H3,(H,20,25)/t13-/m1/s1. The quantitative estimate of drug-likeness (QED) is 0.668. The fourth-order valence-corrected chi connectivity index (χ4v) is 3.36. The van der Waals surface area contributed by atoms with Gasteiger partial charge in [0.1, 0.15) is 0 Å². The number of nitrogens with zero attached hydrogens (tertiary/aromatic N) is 4. The van der Waals surface area contributed by atoms with E-state index in [1.165, 1.54) is 11.8 Å². The number of thioether (sulfide) groups is 1. The molecule has 0 fully saturated rings. The monoisotopic (exact) mass is 387 g/mol. The number of hydrogen-bond donors (Lipinski definition) is 1. The van der Waals surface area contributed by atoms with Gasteiger partial charge in [-0.3, -0.25) is 4.79 Å². The average molecular weight is 388 g/mol. The predicted molar refractivity (Wildman–Crippen MR) is 104 cm³/mol. The van der Waals surface area contributed by atoms with Crippen molar-refractivity contribution in [2.75, 3.05) is 5.32 Å². The summed E-state index contributed by atoms with van der Waals surface area (Å²) in [5.74, 6) is -0.168. The van der Waals surface area contributed by atoms with Gasteiger partial charge in [0.2, 0.25) is 11.1 Å². The minimum Gasteiger partial charge on any atom is -0.324 e. The number of nitrogens with one attached hydrogen (secondary N) is 1. The molecule has 0 aliphatic heterocycles. The van der Waals surface area contributed by atoms with Gasteiger partial charge in [-0.1, -0.05) is 47.6 Å². The second-order valence-electron chi connectivity index (χ2n) is 5.82.